The van der Waals surface area contributed by atoms with Crippen LogP contribution in [0.25, 0.3) is 22.3 Å². The molecule has 40 heavy (non-hydrogen) atoms. The Kier molecular flexibility index (Phi) is 6.36. The van der Waals surface area contributed by atoms with Gasteiger partial charge in [0.15, 0.2) is 23.1 Å². The van der Waals surface area contributed by atoms with Gasteiger partial charge >= 0.3 is 0 Å². The number of aromatic nitrogens is 4. The summed E-state index contributed by atoms with van der Waals surface area (Å²) in [7, 11) is 1.73. The van der Waals surface area contributed by atoms with Crippen LogP contribution in [0.3, 0.4) is 0 Å². The van der Waals surface area contributed by atoms with Crippen molar-refractivity contribution in [3.63, 3.8) is 0 Å². The third kappa shape index (κ3) is 4.39. The highest BCUT2D eigenvalue weighted by Gasteiger charge is 2.23. The molecule has 0 spiro atoms. The molecule has 198 valence electrons. The number of hydrogen-bond donors (Lipinski definition) is 0. The van der Waals surface area contributed by atoms with Crippen molar-refractivity contribution in [2.45, 2.75) is 13.3 Å². The Morgan fingerprint density at radius 3 is 2.38 bits per heavy atom. The van der Waals surface area contributed by atoms with E-state index in [1.54, 1.807) is 53.6 Å². The van der Waals surface area contributed by atoms with Crippen LogP contribution in [0.15, 0.2) is 108 Å². The summed E-state index contributed by atoms with van der Waals surface area (Å²) < 4.78 is 26.1. The third-order valence-corrected chi connectivity index (χ3v) is 7.02. The molecule has 7 nitrogen and oxygen atoms in total. The lowest BCUT2D eigenvalue weighted by molar-refractivity contribution is 0.0991. The van der Waals surface area contributed by atoms with Gasteiger partial charge in [-0.3, -0.25) is 14.3 Å². The number of ether oxygens (including phenoxy) is 1. The van der Waals surface area contributed by atoms with E-state index < -0.39 is 11.4 Å². The van der Waals surface area contributed by atoms with Crippen molar-refractivity contribution in [1.29, 1.82) is 0 Å². The summed E-state index contributed by atoms with van der Waals surface area (Å²) in [5.41, 5.74) is 3.94. The Morgan fingerprint density at radius 2 is 1.65 bits per heavy atom. The van der Waals surface area contributed by atoms with Crippen LogP contribution < -0.4 is 10.3 Å². The van der Waals surface area contributed by atoms with E-state index in [9.17, 15) is 9.59 Å². The lowest BCUT2D eigenvalue weighted by Crippen LogP contribution is -2.23. The fourth-order valence-corrected chi connectivity index (χ4v) is 4.97. The van der Waals surface area contributed by atoms with E-state index in [-0.39, 0.29) is 23.5 Å². The predicted octanol–water partition coefficient (Wildman–Crippen LogP) is 6.16. The zero-order valence-corrected chi connectivity index (χ0v) is 21.9. The number of ketones is 1. The Bertz CT molecular complexity index is 1920. The second-order valence-corrected chi connectivity index (χ2v) is 9.49. The zero-order chi connectivity index (χ0) is 27.8. The van der Waals surface area contributed by atoms with E-state index >= 15 is 4.39 Å². The number of nitrogens with zero attached hydrogens (tertiary/aromatic N) is 4. The molecule has 0 aliphatic rings. The molecule has 0 saturated carbocycles. The lowest BCUT2D eigenvalue weighted by atomic mass is 10.0. The molecule has 6 rings (SSSR count). The van der Waals surface area contributed by atoms with E-state index in [1.165, 1.54) is 16.8 Å². The van der Waals surface area contributed by atoms with Crippen LogP contribution in [0.1, 0.15) is 21.6 Å². The highest BCUT2D eigenvalue weighted by Crippen LogP contribution is 2.35. The standard InChI is InChI=1S/C32H25FN4O3/c1-21-30(32(39)37(35(21)2)24-11-7-4-8-12-24)27(38)20-22-13-14-28(26(33)19-22)40-29-15-17-34-36-18-16-25(31(29)36)23-9-5-3-6-10-23/h3-19H,20H2,1-2H3. The Hall–Kier alpha value is -5.24. The molecule has 3 heterocycles. The Balaban J connectivity index is 1.27. The monoisotopic (exact) mass is 532 g/mol. The highest BCUT2D eigenvalue weighted by atomic mass is 19.1. The van der Waals surface area contributed by atoms with Crippen molar-refractivity contribution < 1.29 is 13.9 Å². The first-order valence-electron chi connectivity index (χ1n) is 12.8. The number of Topliss-reactive ketones (excluding diaryl/α,β-unsaturated/α-hetero) is 1. The zero-order valence-electron chi connectivity index (χ0n) is 21.9. The quantitative estimate of drug-likeness (QED) is 0.231. The van der Waals surface area contributed by atoms with Gasteiger partial charge in [-0.25, -0.2) is 13.6 Å². The molecule has 0 aliphatic carbocycles. The summed E-state index contributed by atoms with van der Waals surface area (Å²) in [6.45, 7) is 1.73. The second-order valence-electron chi connectivity index (χ2n) is 9.49. The molecule has 0 unspecified atom stereocenters. The van der Waals surface area contributed by atoms with Gasteiger partial charge in [-0.2, -0.15) is 5.10 Å². The maximum absolute atomic E-state index is 15.3. The molecular formula is C32H25FN4O3. The van der Waals surface area contributed by atoms with E-state index in [4.69, 9.17) is 4.74 Å². The SMILES string of the molecule is Cc1c(C(=O)Cc2ccc(Oc3ccnn4ccc(-c5ccccc5)c34)c(F)c2)c(=O)n(-c2ccccc2)n1C. The second kappa shape index (κ2) is 10.1. The molecule has 0 bridgehead atoms. The van der Waals surface area contributed by atoms with Gasteiger partial charge in [0, 0.05) is 37.0 Å². The molecule has 0 saturated heterocycles. The predicted molar refractivity (Wildman–Crippen MR) is 151 cm³/mol. The smallest absolute Gasteiger partial charge is 0.282 e. The largest absolute Gasteiger partial charge is 0.452 e. The van der Waals surface area contributed by atoms with Gasteiger partial charge in [-0.05, 0) is 48.4 Å². The van der Waals surface area contributed by atoms with E-state index in [2.05, 4.69) is 5.10 Å². The normalized spacial score (nSPS) is 11.2. The van der Waals surface area contributed by atoms with Crippen LogP contribution >= 0.6 is 0 Å². The minimum atomic E-state index is -0.612. The van der Waals surface area contributed by atoms with Gasteiger partial charge in [0.25, 0.3) is 5.56 Å². The Morgan fingerprint density at radius 1 is 0.925 bits per heavy atom. The molecule has 8 heteroatoms. The van der Waals surface area contributed by atoms with Crippen molar-refractivity contribution >= 4 is 11.3 Å². The van der Waals surface area contributed by atoms with Crippen molar-refractivity contribution in [2.75, 3.05) is 0 Å². The molecule has 0 fully saturated rings. The number of hydrogen-bond acceptors (Lipinski definition) is 4. The first kappa shape index (κ1) is 25.1. The van der Waals surface area contributed by atoms with Gasteiger partial charge < -0.3 is 4.74 Å². The minimum absolute atomic E-state index is 0.0202. The summed E-state index contributed by atoms with van der Waals surface area (Å²) >= 11 is 0. The topological polar surface area (TPSA) is 70.5 Å². The maximum atomic E-state index is 15.3. The third-order valence-electron chi connectivity index (χ3n) is 7.02. The van der Waals surface area contributed by atoms with Crippen molar-refractivity contribution in [3.05, 3.63) is 136 Å². The summed E-state index contributed by atoms with van der Waals surface area (Å²) in [6, 6.07) is 27.0. The van der Waals surface area contributed by atoms with Crippen molar-refractivity contribution in [2.24, 2.45) is 7.05 Å². The summed E-state index contributed by atoms with van der Waals surface area (Å²) in [4.78, 5) is 26.4. The molecule has 3 aromatic carbocycles. The highest BCUT2D eigenvalue weighted by molar-refractivity contribution is 5.98. The van der Waals surface area contributed by atoms with Crippen LogP contribution in [-0.2, 0) is 13.5 Å². The van der Waals surface area contributed by atoms with E-state index in [1.807, 2.05) is 60.8 Å². The van der Waals surface area contributed by atoms with Crippen LogP contribution in [0, 0.1) is 12.7 Å². The average Bonchev–Trinajstić information content (AvgIpc) is 3.50. The molecule has 0 N–H and O–H groups in total. The summed E-state index contributed by atoms with van der Waals surface area (Å²) in [5, 5.41) is 4.35. The van der Waals surface area contributed by atoms with Crippen molar-refractivity contribution in [1.82, 2.24) is 19.0 Å². The molecule has 0 atom stereocenters. The fraction of sp³-hybridized carbons (Fsp3) is 0.0938. The van der Waals surface area contributed by atoms with Crippen LogP contribution in [0.4, 0.5) is 4.39 Å². The summed E-state index contributed by atoms with van der Waals surface area (Å²) in [6.07, 6.45) is 3.29. The van der Waals surface area contributed by atoms with Crippen LogP contribution in [-0.4, -0.2) is 24.8 Å². The van der Waals surface area contributed by atoms with Crippen molar-refractivity contribution in [3.8, 4) is 28.3 Å². The molecular weight excluding hydrogens is 507 g/mol. The van der Waals surface area contributed by atoms with Gasteiger partial charge in [0.05, 0.1) is 11.9 Å². The molecule has 0 aliphatic heterocycles. The van der Waals surface area contributed by atoms with Gasteiger partial charge in [0.1, 0.15) is 11.1 Å². The van der Waals surface area contributed by atoms with E-state index in [0.29, 0.717) is 28.2 Å². The first-order chi connectivity index (χ1) is 19.4. The maximum Gasteiger partial charge on any atom is 0.282 e. The lowest BCUT2D eigenvalue weighted by Gasteiger charge is -2.11. The number of rotatable bonds is 7. The van der Waals surface area contributed by atoms with Crippen LogP contribution in [0.2, 0.25) is 0 Å². The first-order valence-corrected chi connectivity index (χ1v) is 12.8. The molecule has 3 aromatic heterocycles. The molecule has 0 amide bonds. The average molecular weight is 533 g/mol. The van der Waals surface area contributed by atoms with Gasteiger partial charge in [-0.15, -0.1) is 0 Å². The summed E-state index contributed by atoms with van der Waals surface area (Å²) in [5.74, 6) is -0.522. The van der Waals surface area contributed by atoms with E-state index in [0.717, 1.165) is 11.1 Å². The number of carbonyl (C=O) groups is 1. The number of benzene rings is 3. The number of carbonyl (C=O) groups excluding carboxylic acids is 1. The number of fused-ring (bicyclic) bond motifs is 1. The minimum Gasteiger partial charge on any atom is -0.452 e. The molecule has 6 aromatic rings. The number of halogens is 1. The Labute approximate surface area is 229 Å². The fourth-order valence-electron chi connectivity index (χ4n) is 4.97. The van der Waals surface area contributed by atoms with Gasteiger partial charge in [-0.1, -0.05) is 54.6 Å². The number of para-hydroxylation sites is 1. The van der Waals surface area contributed by atoms with Crippen LogP contribution in [0.5, 0.6) is 11.5 Å². The van der Waals surface area contributed by atoms with Gasteiger partial charge in [0.2, 0.25) is 0 Å². The molecule has 0 radical (unpaired) electrons.